The summed E-state index contributed by atoms with van der Waals surface area (Å²) in [5, 5.41) is 5.28. The number of benzene rings is 12. The Balaban J connectivity index is 0.000000139. The van der Waals surface area contributed by atoms with Crippen molar-refractivity contribution in [2.45, 2.75) is 35.1 Å². The van der Waals surface area contributed by atoms with Crippen LogP contribution in [0.2, 0.25) is 0 Å². The molecule has 0 saturated carbocycles. The minimum atomic E-state index is 0. The van der Waals surface area contributed by atoms with E-state index in [9.17, 15) is 0 Å². The molecule has 432 valence electrons. The number of fused-ring (bicyclic) bond motifs is 8. The van der Waals surface area contributed by atoms with E-state index in [1.807, 2.05) is 60.7 Å². The number of aromatic nitrogens is 1. The molecule has 0 radical (unpaired) electrons. The average Bonchev–Trinajstić information content (AvgIpc) is 2.26. The lowest BCUT2D eigenvalue weighted by Gasteiger charge is -2.29. The minimum Gasteiger partial charge on any atom is -0.453 e. The fraction of sp³-hybridized carbons (Fsp3) is 0.125. The summed E-state index contributed by atoms with van der Waals surface area (Å²) in [6, 6.07) is 105. The molecule has 0 saturated heterocycles. The fourth-order valence-electron chi connectivity index (χ4n) is 11.0. The standard InChI is InChI=1S/C19H17N.C17H13N.C15H15N.C13H11NO.C13H13N.3CH4/c1-20(18-12-6-3-7-13-18)19-14-8-11-17(15-19)16-9-4-2-5-10-16;1-18-16-9-5-4-8-14(16)15-10-12-6-2-3-7-13(12)11-17(15)18;1-16-14-8-4-2-6-12(14)10-11-13-7-3-5-9-15(13)16;1-14-10-6-2-4-8-12(10)15-13-9-5-3-7-11(13)14;1-14(12-8-4-2-5-9-12)13-10-6-3-7-11-13;;;/h2-15H,1H3;2-11H,1H3;2-9H,10-11H2,1H3;2-9H,1H3;2-11H,1H3;3*1H4. The van der Waals surface area contributed by atoms with Crippen LogP contribution in [-0.2, 0) is 19.9 Å². The molecule has 13 aromatic rings. The first-order valence-corrected chi connectivity index (χ1v) is 28.4. The van der Waals surface area contributed by atoms with Gasteiger partial charge in [0.2, 0.25) is 0 Å². The van der Waals surface area contributed by atoms with Crippen LogP contribution >= 0.6 is 0 Å². The summed E-state index contributed by atoms with van der Waals surface area (Å²) in [7, 11) is 10.5. The van der Waals surface area contributed by atoms with Crippen molar-refractivity contribution in [1.29, 1.82) is 0 Å². The maximum atomic E-state index is 5.81. The Morgan fingerprint density at radius 2 is 0.674 bits per heavy atom. The Morgan fingerprint density at radius 3 is 1.20 bits per heavy atom. The zero-order valence-corrected chi connectivity index (χ0v) is 47.9. The quantitative estimate of drug-likeness (QED) is 0.171. The molecule has 1 aromatic heterocycles. The molecule has 3 heterocycles. The summed E-state index contributed by atoms with van der Waals surface area (Å²) in [5.74, 6) is 1.83. The highest BCUT2D eigenvalue weighted by Gasteiger charge is 2.20. The normalized spacial score (nSPS) is 11.2. The highest BCUT2D eigenvalue weighted by Crippen LogP contribution is 2.45. The van der Waals surface area contributed by atoms with Crippen molar-refractivity contribution in [3.8, 4) is 22.6 Å². The van der Waals surface area contributed by atoms with E-state index in [0.29, 0.717) is 0 Å². The highest BCUT2D eigenvalue weighted by atomic mass is 16.5. The average molecular weight is 1130 g/mol. The van der Waals surface area contributed by atoms with Crippen molar-refractivity contribution in [2.24, 2.45) is 7.05 Å². The fourth-order valence-corrected chi connectivity index (χ4v) is 11.0. The first-order chi connectivity index (χ1) is 40.8. The first kappa shape index (κ1) is 61.8. The molecule has 6 heteroatoms. The smallest absolute Gasteiger partial charge is 0.151 e. The van der Waals surface area contributed by atoms with E-state index in [0.717, 1.165) is 35.7 Å². The second kappa shape index (κ2) is 29.3. The van der Waals surface area contributed by atoms with Gasteiger partial charge in [0.15, 0.2) is 11.5 Å². The Hall–Kier alpha value is -10.3. The first-order valence-electron chi connectivity index (χ1n) is 28.4. The van der Waals surface area contributed by atoms with Gasteiger partial charge in [-0.3, -0.25) is 0 Å². The number of para-hydroxylation sites is 10. The van der Waals surface area contributed by atoms with Gasteiger partial charge in [-0.15, -0.1) is 0 Å². The Kier molecular flexibility index (Phi) is 21.0. The van der Waals surface area contributed by atoms with E-state index in [2.05, 4.69) is 302 Å². The van der Waals surface area contributed by atoms with Crippen LogP contribution in [0, 0.1) is 0 Å². The van der Waals surface area contributed by atoms with E-state index < -0.39 is 0 Å². The van der Waals surface area contributed by atoms with Crippen LogP contribution in [0.15, 0.2) is 303 Å². The van der Waals surface area contributed by atoms with Gasteiger partial charge in [0.25, 0.3) is 0 Å². The van der Waals surface area contributed by atoms with Crippen LogP contribution in [0.5, 0.6) is 11.5 Å². The predicted molar refractivity (Wildman–Crippen MR) is 375 cm³/mol. The third-order valence-electron chi connectivity index (χ3n) is 15.6. The van der Waals surface area contributed by atoms with Gasteiger partial charge in [-0.2, -0.15) is 0 Å². The maximum Gasteiger partial charge on any atom is 0.151 e. The Labute approximate surface area is 511 Å². The molecule has 0 aliphatic carbocycles. The molecule has 15 rings (SSSR count). The van der Waals surface area contributed by atoms with Gasteiger partial charge in [-0.05, 0) is 149 Å². The van der Waals surface area contributed by atoms with Crippen molar-refractivity contribution in [3.05, 3.63) is 314 Å². The molecule has 2 aliphatic heterocycles. The molecule has 0 spiro atoms. The summed E-state index contributed by atoms with van der Waals surface area (Å²) in [5.41, 5.74) is 17.7. The summed E-state index contributed by atoms with van der Waals surface area (Å²) in [6.07, 6.45) is 2.27. The SMILES string of the molecule is C.C.C.CN(c1ccccc1)c1cccc(-c2ccccc2)c1.CN(c1ccccc1)c1ccccc1.CN1c2ccccc2CCc2ccccc21.CN1c2ccccc2Oc2ccccc21.Cn1c2ccccc2c2cc3ccccc3cc21. The molecule has 6 nitrogen and oxygen atoms in total. The molecule has 12 aromatic carbocycles. The Bertz CT molecular complexity index is 4090. The zero-order valence-electron chi connectivity index (χ0n) is 47.9. The van der Waals surface area contributed by atoms with Gasteiger partial charge in [-0.1, -0.05) is 222 Å². The lowest BCUT2D eigenvalue weighted by atomic mass is 10.0. The number of hydrogen-bond donors (Lipinski definition) is 0. The predicted octanol–water partition coefficient (Wildman–Crippen LogP) is 22.1. The molecule has 0 fully saturated rings. The van der Waals surface area contributed by atoms with Crippen molar-refractivity contribution in [2.75, 3.05) is 47.8 Å². The number of ether oxygens (including phenoxy) is 1. The summed E-state index contributed by atoms with van der Waals surface area (Å²) >= 11 is 0. The van der Waals surface area contributed by atoms with Crippen molar-refractivity contribution in [3.63, 3.8) is 0 Å². The second-order valence-electron chi connectivity index (χ2n) is 20.7. The molecule has 0 bridgehead atoms. The van der Waals surface area contributed by atoms with E-state index in [4.69, 9.17) is 4.74 Å². The van der Waals surface area contributed by atoms with Crippen molar-refractivity contribution < 1.29 is 4.74 Å². The maximum absolute atomic E-state index is 5.81. The summed E-state index contributed by atoms with van der Waals surface area (Å²) < 4.78 is 8.08. The largest absolute Gasteiger partial charge is 0.453 e. The third-order valence-corrected chi connectivity index (χ3v) is 15.6. The second-order valence-corrected chi connectivity index (χ2v) is 20.7. The molecule has 0 unspecified atom stereocenters. The molecule has 86 heavy (non-hydrogen) atoms. The highest BCUT2D eigenvalue weighted by molar-refractivity contribution is 6.12. The third kappa shape index (κ3) is 14.0. The molecule has 2 aliphatic rings. The molecule has 0 N–H and O–H groups in total. The number of hydrogen-bond acceptors (Lipinski definition) is 5. The number of rotatable bonds is 5. The van der Waals surface area contributed by atoms with E-state index in [1.54, 1.807) is 0 Å². The van der Waals surface area contributed by atoms with E-state index in [-0.39, 0.29) is 22.3 Å². The van der Waals surface area contributed by atoms with Crippen LogP contribution in [-0.4, -0.2) is 32.8 Å². The van der Waals surface area contributed by atoms with Crippen LogP contribution in [0.1, 0.15) is 33.4 Å². The van der Waals surface area contributed by atoms with Gasteiger partial charge >= 0.3 is 0 Å². The van der Waals surface area contributed by atoms with Gasteiger partial charge in [0, 0.05) is 91.2 Å². The van der Waals surface area contributed by atoms with Gasteiger partial charge in [0.1, 0.15) is 0 Å². The van der Waals surface area contributed by atoms with Crippen molar-refractivity contribution >= 4 is 78.1 Å². The number of aryl methyl sites for hydroxylation is 3. The van der Waals surface area contributed by atoms with Crippen LogP contribution in [0.3, 0.4) is 0 Å². The van der Waals surface area contributed by atoms with Gasteiger partial charge in [-0.25, -0.2) is 0 Å². The topological polar surface area (TPSA) is 27.1 Å². The monoisotopic (exact) mass is 1130 g/mol. The van der Waals surface area contributed by atoms with Crippen LogP contribution in [0.4, 0.5) is 45.5 Å². The molecule has 0 atom stereocenters. The van der Waals surface area contributed by atoms with E-state index >= 15 is 0 Å². The van der Waals surface area contributed by atoms with E-state index in [1.165, 1.54) is 89.0 Å². The summed E-state index contributed by atoms with van der Waals surface area (Å²) in [4.78, 5) is 8.82. The molecular formula is C80H81N5O. The van der Waals surface area contributed by atoms with Gasteiger partial charge in [0.05, 0.1) is 11.4 Å². The minimum absolute atomic E-state index is 0. The zero-order chi connectivity index (χ0) is 56.9. The van der Waals surface area contributed by atoms with Crippen LogP contribution in [0.25, 0.3) is 43.7 Å². The molecular weight excluding hydrogens is 1050 g/mol. The Morgan fingerprint density at radius 1 is 0.302 bits per heavy atom. The van der Waals surface area contributed by atoms with Crippen LogP contribution < -0.4 is 24.3 Å². The number of anilines is 8. The van der Waals surface area contributed by atoms with Gasteiger partial charge < -0.3 is 28.9 Å². The lowest BCUT2D eigenvalue weighted by Crippen LogP contribution is -2.15. The number of nitrogens with zero attached hydrogens (tertiary/aromatic N) is 5. The van der Waals surface area contributed by atoms with Crippen molar-refractivity contribution in [1.82, 2.24) is 4.57 Å². The lowest BCUT2D eigenvalue weighted by molar-refractivity contribution is 0.475. The molecule has 0 amide bonds. The summed E-state index contributed by atoms with van der Waals surface area (Å²) in [6.45, 7) is 0.